The van der Waals surface area contributed by atoms with E-state index in [1.54, 1.807) is 0 Å². The van der Waals surface area contributed by atoms with Gasteiger partial charge < -0.3 is 9.47 Å². The van der Waals surface area contributed by atoms with Crippen LogP contribution in [0.3, 0.4) is 0 Å². The van der Waals surface area contributed by atoms with E-state index in [2.05, 4.69) is 228 Å². The van der Waals surface area contributed by atoms with Crippen molar-refractivity contribution < 1.29 is 0 Å². The number of hydrogen-bond acceptors (Lipinski definition) is 1. The normalized spacial score (nSPS) is 15.0. The van der Waals surface area contributed by atoms with Crippen molar-refractivity contribution in [3.63, 3.8) is 0 Å². The van der Waals surface area contributed by atoms with Crippen LogP contribution in [-0.2, 0) is 5.41 Å². The minimum Gasteiger partial charge on any atom is -0.314 e. The molecule has 0 spiro atoms. The van der Waals surface area contributed by atoms with Crippen LogP contribution in [0.15, 0.2) is 211 Å². The average molecular weight is 741 g/mol. The van der Waals surface area contributed by atoms with E-state index in [9.17, 15) is 0 Å². The van der Waals surface area contributed by atoms with Crippen molar-refractivity contribution in [3.05, 3.63) is 251 Å². The van der Waals surface area contributed by atoms with Gasteiger partial charge in [0, 0.05) is 34.4 Å². The Kier molecular flexibility index (Phi) is 8.19. The van der Waals surface area contributed by atoms with E-state index in [0.29, 0.717) is 6.42 Å². The van der Waals surface area contributed by atoms with Gasteiger partial charge in [-0.3, -0.25) is 0 Å². The molecule has 0 radical (unpaired) electrons. The highest BCUT2D eigenvalue weighted by molar-refractivity contribution is 5.99. The Morgan fingerprint density at radius 2 is 1.14 bits per heavy atom. The number of rotatable bonds is 7. The van der Waals surface area contributed by atoms with Crippen molar-refractivity contribution in [2.45, 2.75) is 24.7 Å². The summed E-state index contributed by atoms with van der Waals surface area (Å²) in [5.74, 6) is 7.23. The maximum Gasteiger partial charge on any atom is 0.0710 e. The smallest absolute Gasteiger partial charge is 0.0710 e. The van der Waals surface area contributed by atoms with Gasteiger partial charge in [-0.05, 0) is 100 Å². The zero-order valence-corrected chi connectivity index (χ0v) is 32.1. The first kappa shape index (κ1) is 34.0. The van der Waals surface area contributed by atoms with E-state index in [-0.39, 0.29) is 0 Å². The first-order valence-corrected chi connectivity index (χ1v) is 20.3. The molecule has 0 fully saturated rings. The number of hydrogen-bond donors (Lipinski definition) is 0. The van der Waals surface area contributed by atoms with Gasteiger partial charge in [-0.15, -0.1) is 0 Å². The molecular formula is C56H40N2. The lowest BCUT2D eigenvalue weighted by Crippen LogP contribution is -2.30. The molecular weight excluding hydrogens is 701 g/mol. The zero-order valence-electron chi connectivity index (χ0n) is 32.1. The van der Waals surface area contributed by atoms with Gasteiger partial charge in [0.25, 0.3) is 0 Å². The first-order chi connectivity index (χ1) is 28.8. The maximum absolute atomic E-state index is 3.62. The summed E-state index contributed by atoms with van der Waals surface area (Å²) in [6, 6.07) is 70.6. The Labute approximate surface area is 340 Å². The fraction of sp³-hybridized carbons (Fsp3) is 0.0714. The lowest BCUT2D eigenvalue weighted by molar-refractivity contribution is 0.750. The van der Waals surface area contributed by atoms with Crippen molar-refractivity contribution in [1.82, 2.24) is 4.57 Å². The Morgan fingerprint density at radius 1 is 0.534 bits per heavy atom. The molecule has 0 aliphatic heterocycles. The van der Waals surface area contributed by atoms with E-state index in [4.69, 9.17) is 0 Å². The number of fused-ring (bicyclic) bond motifs is 5. The molecule has 7 aromatic carbocycles. The van der Waals surface area contributed by atoms with Gasteiger partial charge in [-0.2, -0.15) is 0 Å². The van der Waals surface area contributed by atoms with E-state index in [1.807, 2.05) is 0 Å². The topological polar surface area (TPSA) is 8.17 Å². The molecule has 0 N–H and O–H groups in total. The standard InChI is InChI=1S/C56H40N2/c1-5-21-41(22-6-1)56(42-23-7-2-8-24-42)51-33-16-13-30-47(51)48-37-36-45(39-52(48)56)57(43-25-9-3-10-26-43)53-34-17-14-29-46(53)40-20-19-32-50-49-31-15-18-35-54(49)58(55(50)38-40)44-27-11-4-12-28-44/h1-18,21-31,33-35,38-39H,20,36-37H2. The van der Waals surface area contributed by atoms with Crippen LogP contribution in [0.5, 0.6) is 0 Å². The molecule has 0 bridgehead atoms. The van der Waals surface area contributed by atoms with Crippen LogP contribution in [0, 0.1) is 11.8 Å². The second kappa shape index (κ2) is 14.0. The van der Waals surface area contributed by atoms with Crippen LogP contribution in [0.1, 0.15) is 58.3 Å². The van der Waals surface area contributed by atoms with Crippen LogP contribution in [0.4, 0.5) is 11.4 Å². The molecule has 1 aromatic heterocycles. The quantitative estimate of drug-likeness (QED) is 0.148. The van der Waals surface area contributed by atoms with Crippen molar-refractivity contribution in [1.29, 1.82) is 0 Å². The summed E-state index contributed by atoms with van der Waals surface area (Å²) in [5, 5.41) is 1.18. The molecule has 8 aromatic rings. The maximum atomic E-state index is 3.62. The third kappa shape index (κ3) is 5.28. The Balaban J connectivity index is 1.13. The highest BCUT2D eigenvalue weighted by Crippen LogP contribution is 2.58. The van der Waals surface area contributed by atoms with E-state index in [1.165, 1.54) is 61.1 Å². The Bertz CT molecular complexity index is 2970. The van der Waals surface area contributed by atoms with Crippen LogP contribution >= 0.6 is 0 Å². The van der Waals surface area contributed by atoms with Gasteiger partial charge >= 0.3 is 0 Å². The molecule has 3 aliphatic carbocycles. The third-order valence-corrected chi connectivity index (χ3v) is 12.3. The van der Waals surface area contributed by atoms with E-state index >= 15 is 0 Å². The summed E-state index contributed by atoms with van der Waals surface area (Å²) in [7, 11) is 0. The molecule has 0 atom stereocenters. The summed E-state index contributed by atoms with van der Waals surface area (Å²) in [5.41, 5.74) is 18.1. The highest BCUT2D eigenvalue weighted by atomic mass is 15.2. The third-order valence-electron chi connectivity index (χ3n) is 12.3. The molecule has 2 nitrogen and oxygen atoms in total. The number of allylic oxidation sites excluding steroid dienone is 5. The van der Waals surface area contributed by atoms with E-state index < -0.39 is 5.41 Å². The number of benzene rings is 7. The average Bonchev–Trinajstić information content (AvgIpc) is 3.66. The van der Waals surface area contributed by atoms with Gasteiger partial charge in [-0.25, -0.2) is 0 Å². The zero-order chi connectivity index (χ0) is 38.5. The second-order valence-corrected chi connectivity index (χ2v) is 15.3. The number of anilines is 2. The Hall–Kier alpha value is -7.34. The van der Waals surface area contributed by atoms with Gasteiger partial charge in [-0.1, -0.05) is 170 Å². The largest absolute Gasteiger partial charge is 0.314 e. The van der Waals surface area contributed by atoms with Crippen molar-refractivity contribution in [2.24, 2.45) is 0 Å². The van der Waals surface area contributed by atoms with Crippen LogP contribution in [0.2, 0.25) is 0 Å². The van der Waals surface area contributed by atoms with Crippen LogP contribution < -0.4 is 4.90 Å². The molecule has 3 aliphatic rings. The minimum atomic E-state index is -0.456. The van der Waals surface area contributed by atoms with Crippen molar-refractivity contribution in [2.75, 3.05) is 4.90 Å². The van der Waals surface area contributed by atoms with Gasteiger partial charge in [0.05, 0.1) is 27.9 Å². The Morgan fingerprint density at radius 3 is 1.88 bits per heavy atom. The van der Waals surface area contributed by atoms with Crippen molar-refractivity contribution in [3.8, 4) is 17.5 Å². The summed E-state index contributed by atoms with van der Waals surface area (Å²) in [6.45, 7) is 0. The number of nitrogens with zero attached hydrogens (tertiary/aromatic N) is 2. The summed E-state index contributed by atoms with van der Waals surface area (Å²) in [6.07, 6.45) is 7.42. The van der Waals surface area contributed by atoms with Gasteiger partial charge in [0.15, 0.2) is 0 Å². The molecule has 0 unspecified atom stereocenters. The lowest BCUT2D eigenvalue weighted by atomic mass is 9.66. The molecule has 11 rings (SSSR count). The highest BCUT2D eigenvalue weighted by Gasteiger charge is 2.48. The molecule has 274 valence electrons. The molecule has 0 saturated carbocycles. The van der Waals surface area contributed by atoms with Crippen LogP contribution in [-0.4, -0.2) is 4.57 Å². The summed E-state index contributed by atoms with van der Waals surface area (Å²) in [4.78, 5) is 2.52. The van der Waals surface area contributed by atoms with Crippen LogP contribution in [0.25, 0.3) is 33.8 Å². The number of aromatic nitrogens is 1. The molecule has 0 saturated heterocycles. The minimum absolute atomic E-state index is 0.456. The van der Waals surface area contributed by atoms with Crippen molar-refractivity contribution >= 4 is 39.5 Å². The fourth-order valence-electron chi connectivity index (χ4n) is 9.86. The predicted molar refractivity (Wildman–Crippen MR) is 241 cm³/mol. The monoisotopic (exact) mass is 740 g/mol. The van der Waals surface area contributed by atoms with Gasteiger partial charge in [0.2, 0.25) is 0 Å². The van der Waals surface area contributed by atoms with E-state index in [0.717, 1.165) is 41.2 Å². The van der Waals surface area contributed by atoms with Gasteiger partial charge in [0.1, 0.15) is 0 Å². The summed E-state index contributed by atoms with van der Waals surface area (Å²) < 4.78 is 2.38. The lowest BCUT2D eigenvalue weighted by Gasteiger charge is -2.38. The number of para-hydroxylation sites is 4. The SMILES string of the molecule is C1#Cc2c(n(-c3ccccc3)c3ccccc23)C=C(c2ccccc2N(C2=CC3=C(CC2)c2ccccc2C3(c2ccccc2)c2ccccc2)c2ccccc2)C1. The molecule has 2 heteroatoms. The summed E-state index contributed by atoms with van der Waals surface area (Å²) >= 11 is 0. The fourth-order valence-corrected chi connectivity index (χ4v) is 9.86. The molecule has 58 heavy (non-hydrogen) atoms. The molecule has 0 amide bonds. The molecule has 1 heterocycles. The first-order valence-electron chi connectivity index (χ1n) is 20.3. The second-order valence-electron chi connectivity index (χ2n) is 15.3. The predicted octanol–water partition coefficient (Wildman–Crippen LogP) is 13.5.